The van der Waals surface area contributed by atoms with E-state index in [1.165, 1.54) is 12.1 Å². The normalized spacial score (nSPS) is 11.4. The molecule has 25 heavy (non-hydrogen) atoms. The number of nitrogens with one attached hydrogen (secondary N) is 1. The number of ether oxygens (including phenoxy) is 1. The Morgan fingerprint density at radius 2 is 2.04 bits per heavy atom. The predicted octanol–water partition coefficient (Wildman–Crippen LogP) is 4.20. The average Bonchev–Trinajstić information content (AvgIpc) is 2.55. The standard InChI is InChI=1S/C19H23FN2O2.ClH/c1-3-5-17(21)19(23)22-18-9-8-16(10-13(18)2)24-12-14-6-4-7-15(20)11-14;/h4,6-11,17H,3,5,12,21H2,1-2H3,(H,22,23);1H. The molecule has 0 aliphatic heterocycles. The van der Waals surface area contributed by atoms with E-state index in [9.17, 15) is 9.18 Å². The number of aryl methyl sites for hydroxylation is 1. The Hall–Kier alpha value is -2.11. The van der Waals surface area contributed by atoms with E-state index in [1.807, 2.05) is 19.9 Å². The number of hydrogen-bond acceptors (Lipinski definition) is 3. The maximum Gasteiger partial charge on any atom is 0.241 e. The van der Waals surface area contributed by atoms with E-state index in [0.717, 1.165) is 17.5 Å². The van der Waals surface area contributed by atoms with Crippen LogP contribution in [0.2, 0.25) is 0 Å². The van der Waals surface area contributed by atoms with Crippen LogP contribution in [0.5, 0.6) is 5.75 Å². The summed E-state index contributed by atoms with van der Waals surface area (Å²) in [6, 6.07) is 11.2. The Kier molecular flexibility index (Phi) is 8.38. The van der Waals surface area contributed by atoms with Crippen LogP contribution in [0.4, 0.5) is 10.1 Å². The van der Waals surface area contributed by atoms with Gasteiger partial charge in [-0.05, 0) is 54.8 Å². The predicted molar refractivity (Wildman–Crippen MR) is 101 cm³/mol. The Labute approximate surface area is 154 Å². The van der Waals surface area contributed by atoms with Gasteiger partial charge in [-0.25, -0.2) is 4.39 Å². The number of benzene rings is 2. The molecule has 0 fully saturated rings. The molecule has 0 aliphatic rings. The molecule has 1 unspecified atom stereocenters. The van der Waals surface area contributed by atoms with Crippen molar-refractivity contribution in [1.82, 2.24) is 0 Å². The quantitative estimate of drug-likeness (QED) is 0.771. The average molecular weight is 367 g/mol. The molecular weight excluding hydrogens is 343 g/mol. The number of anilines is 1. The summed E-state index contributed by atoms with van der Waals surface area (Å²) in [5.41, 5.74) is 8.16. The molecule has 6 heteroatoms. The molecule has 1 amide bonds. The SMILES string of the molecule is CCCC(N)C(=O)Nc1ccc(OCc2cccc(F)c2)cc1C.Cl. The van der Waals surface area contributed by atoms with Gasteiger partial charge >= 0.3 is 0 Å². The third kappa shape index (κ3) is 6.36. The minimum absolute atomic E-state index is 0. The van der Waals surface area contributed by atoms with Crippen LogP contribution < -0.4 is 15.8 Å². The highest BCUT2D eigenvalue weighted by Gasteiger charge is 2.13. The van der Waals surface area contributed by atoms with Gasteiger partial charge in [0.2, 0.25) is 5.91 Å². The first-order valence-corrected chi connectivity index (χ1v) is 8.04. The van der Waals surface area contributed by atoms with Crippen LogP contribution in [0.3, 0.4) is 0 Å². The smallest absolute Gasteiger partial charge is 0.241 e. The second-order valence-electron chi connectivity index (χ2n) is 5.78. The van der Waals surface area contributed by atoms with E-state index in [1.54, 1.807) is 24.3 Å². The van der Waals surface area contributed by atoms with E-state index in [0.29, 0.717) is 17.9 Å². The molecule has 0 bridgehead atoms. The summed E-state index contributed by atoms with van der Waals surface area (Å²) < 4.78 is 18.8. The summed E-state index contributed by atoms with van der Waals surface area (Å²) in [5, 5.41) is 2.83. The highest BCUT2D eigenvalue weighted by molar-refractivity contribution is 5.95. The molecule has 0 saturated heterocycles. The van der Waals surface area contributed by atoms with Crippen LogP contribution in [0, 0.1) is 12.7 Å². The minimum Gasteiger partial charge on any atom is -0.489 e. The van der Waals surface area contributed by atoms with Crippen molar-refractivity contribution in [2.75, 3.05) is 5.32 Å². The highest BCUT2D eigenvalue weighted by atomic mass is 35.5. The molecule has 0 aliphatic carbocycles. The van der Waals surface area contributed by atoms with E-state index >= 15 is 0 Å². The fraction of sp³-hybridized carbons (Fsp3) is 0.316. The lowest BCUT2D eigenvalue weighted by molar-refractivity contribution is -0.117. The lowest BCUT2D eigenvalue weighted by atomic mass is 10.1. The summed E-state index contributed by atoms with van der Waals surface area (Å²) in [4.78, 5) is 12.0. The maximum absolute atomic E-state index is 13.1. The van der Waals surface area contributed by atoms with Gasteiger partial charge in [-0.3, -0.25) is 4.79 Å². The van der Waals surface area contributed by atoms with Crippen LogP contribution in [0.15, 0.2) is 42.5 Å². The van der Waals surface area contributed by atoms with Gasteiger partial charge < -0.3 is 15.8 Å². The molecule has 2 aromatic rings. The maximum atomic E-state index is 13.1. The molecule has 136 valence electrons. The zero-order valence-corrected chi connectivity index (χ0v) is 15.2. The summed E-state index contributed by atoms with van der Waals surface area (Å²) in [5.74, 6) is 0.190. The van der Waals surface area contributed by atoms with Crippen LogP contribution in [-0.4, -0.2) is 11.9 Å². The Morgan fingerprint density at radius 1 is 1.28 bits per heavy atom. The monoisotopic (exact) mass is 366 g/mol. The molecule has 2 rings (SSSR count). The third-order valence-electron chi connectivity index (χ3n) is 3.69. The fourth-order valence-electron chi connectivity index (χ4n) is 2.33. The van der Waals surface area contributed by atoms with Gasteiger partial charge in [0.25, 0.3) is 0 Å². The Morgan fingerprint density at radius 3 is 2.68 bits per heavy atom. The highest BCUT2D eigenvalue weighted by Crippen LogP contribution is 2.22. The van der Waals surface area contributed by atoms with Gasteiger partial charge in [-0.1, -0.05) is 25.5 Å². The van der Waals surface area contributed by atoms with Gasteiger partial charge in [-0.15, -0.1) is 12.4 Å². The lowest BCUT2D eigenvalue weighted by Crippen LogP contribution is -2.35. The van der Waals surface area contributed by atoms with Crippen LogP contribution in [0.25, 0.3) is 0 Å². The molecule has 3 N–H and O–H groups in total. The van der Waals surface area contributed by atoms with Crippen molar-refractivity contribution in [3.63, 3.8) is 0 Å². The van der Waals surface area contributed by atoms with Crippen LogP contribution >= 0.6 is 12.4 Å². The minimum atomic E-state index is -0.502. The summed E-state index contributed by atoms with van der Waals surface area (Å²) in [6.07, 6.45) is 1.51. The molecule has 0 aromatic heterocycles. The first-order valence-electron chi connectivity index (χ1n) is 8.04. The zero-order valence-electron chi connectivity index (χ0n) is 14.4. The molecular formula is C19H24ClFN2O2. The van der Waals surface area contributed by atoms with Gasteiger partial charge in [-0.2, -0.15) is 0 Å². The van der Waals surface area contributed by atoms with Crippen molar-refractivity contribution in [2.45, 2.75) is 39.3 Å². The number of rotatable bonds is 7. The molecule has 0 heterocycles. The molecule has 1 atom stereocenters. The lowest BCUT2D eigenvalue weighted by Gasteiger charge is -2.14. The number of carbonyl (C=O) groups excluding carboxylic acids is 1. The Balaban J connectivity index is 0.00000312. The molecule has 2 aromatic carbocycles. The van der Waals surface area contributed by atoms with Crippen molar-refractivity contribution < 1.29 is 13.9 Å². The van der Waals surface area contributed by atoms with Gasteiger partial charge in [0.15, 0.2) is 0 Å². The van der Waals surface area contributed by atoms with E-state index in [-0.39, 0.29) is 30.7 Å². The van der Waals surface area contributed by atoms with Crippen molar-refractivity contribution in [3.05, 3.63) is 59.4 Å². The number of nitrogens with two attached hydrogens (primary N) is 1. The first-order chi connectivity index (χ1) is 11.5. The van der Waals surface area contributed by atoms with Crippen molar-refractivity contribution in [2.24, 2.45) is 5.73 Å². The summed E-state index contributed by atoms with van der Waals surface area (Å²) >= 11 is 0. The fourth-order valence-corrected chi connectivity index (χ4v) is 2.33. The molecule has 4 nitrogen and oxygen atoms in total. The van der Waals surface area contributed by atoms with E-state index < -0.39 is 6.04 Å². The number of hydrogen-bond donors (Lipinski definition) is 2. The van der Waals surface area contributed by atoms with Crippen molar-refractivity contribution in [1.29, 1.82) is 0 Å². The van der Waals surface area contributed by atoms with Gasteiger partial charge in [0.05, 0.1) is 6.04 Å². The zero-order chi connectivity index (χ0) is 17.5. The topological polar surface area (TPSA) is 64.4 Å². The summed E-state index contributed by atoms with van der Waals surface area (Å²) in [6.45, 7) is 4.16. The molecule has 0 spiro atoms. The number of carbonyl (C=O) groups is 1. The van der Waals surface area contributed by atoms with Crippen LogP contribution in [0.1, 0.15) is 30.9 Å². The van der Waals surface area contributed by atoms with Gasteiger partial charge in [0.1, 0.15) is 18.2 Å². The van der Waals surface area contributed by atoms with E-state index in [2.05, 4.69) is 5.32 Å². The second-order valence-corrected chi connectivity index (χ2v) is 5.78. The van der Waals surface area contributed by atoms with Crippen molar-refractivity contribution >= 4 is 24.0 Å². The van der Waals surface area contributed by atoms with E-state index in [4.69, 9.17) is 10.5 Å². The molecule has 0 saturated carbocycles. The number of amides is 1. The largest absolute Gasteiger partial charge is 0.489 e. The first kappa shape index (κ1) is 20.9. The number of halogens is 2. The van der Waals surface area contributed by atoms with Gasteiger partial charge in [0, 0.05) is 5.69 Å². The van der Waals surface area contributed by atoms with Crippen LogP contribution in [-0.2, 0) is 11.4 Å². The summed E-state index contributed by atoms with van der Waals surface area (Å²) in [7, 11) is 0. The second kappa shape index (κ2) is 10.0. The molecule has 0 radical (unpaired) electrons. The Bertz CT molecular complexity index is 710. The van der Waals surface area contributed by atoms with Crippen molar-refractivity contribution in [3.8, 4) is 5.75 Å². The third-order valence-corrected chi connectivity index (χ3v) is 3.69.